The third kappa shape index (κ3) is 4.88. The average Bonchev–Trinajstić information content (AvgIpc) is 2.96. The van der Waals surface area contributed by atoms with Crippen LogP contribution in [0.5, 0.6) is 5.75 Å². The Bertz CT molecular complexity index is 912. The summed E-state index contributed by atoms with van der Waals surface area (Å²) in [5.41, 5.74) is 1.87. The van der Waals surface area contributed by atoms with Crippen molar-refractivity contribution in [1.82, 2.24) is 9.78 Å². The third-order valence-corrected chi connectivity index (χ3v) is 4.27. The van der Waals surface area contributed by atoms with Gasteiger partial charge in [0, 0.05) is 23.0 Å². The Balaban J connectivity index is 1.65. The zero-order valence-electron chi connectivity index (χ0n) is 13.9. The van der Waals surface area contributed by atoms with Crippen molar-refractivity contribution in [2.45, 2.75) is 6.54 Å². The summed E-state index contributed by atoms with van der Waals surface area (Å²) in [7, 11) is 1.61. The second-order valence-corrected chi connectivity index (χ2v) is 6.71. The first-order valence-corrected chi connectivity index (χ1v) is 8.89. The third-order valence-electron chi connectivity index (χ3n) is 3.53. The maximum Gasteiger partial charge on any atom is 0.176 e. The van der Waals surface area contributed by atoms with Crippen LogP contribution in [0.1, 0.15) is 5.56 Å². The number of thiocarbonyl (C=S) groups is 1. The molecule has 0 aliphatic rings. The monoisotopic (exact) mass is 406 g/mol. The largest absolute Gasteiger partial charge is 0.497 e. The molecule has 0 bridgehead atoms. The van der Waals surface area contributed by atoms with Crippen molar-refractivity contribution in [2.24, 2.45) is 0 Å². The van der Waals surface area contributed by atoms with Crippen LogP contribution in [0.25, 0.3) is 0 Å². The van der Waals surface area contributed by atoms with E-state index in [1.807, 2.05) is 48.5 Å². The first kappa shape index (κ1) is 18.5. The van der Waals surface area contributed by atoms with Crippen molar-refractivity contribution >= 4 is 52.0 Å². The minimum atomic E-state index is 0.386. The molecule has 0 amide bonds. The molecule has 0 unspecified atom stereocenters. The van der Waals surface area contributed by atoms with Gasteiger partial charge in [-0.2, -0.15) is 5.10 Å². The second kappa shape index (κ2) is 8.40. The average molecular weight is 407 g/mol. The van der Waals surface area contributed by atoms with Crippen molar-refractivity contribution in [1.29, 1.82) is 0 Å². The van der Waals surface area contributed by atoms with Gasteiger partial charge in [0.15, 0.2) is 10.9 Å². The summed E-state index contributed by atoms with van der Waals surface area (Å²) in [5, 5.41) is 12.1. The number of rotatable bonds is 5. The molecular formula is C18H16Cl2N4OS. The number of aromatic nitrogens is 2. The van der Waals surface area contributed by atoms with Crippen LogP contribution in [-0.4, -0.2) is 22.0 Å². The van der Waals surface area contributed by atoms with E-state index >= 15 is 0 Å². The van der Waals surface area contributed by atoms with Gasteiger partial charge in [-0.05, 0) is 42.0 Å². The van der Waals surface area contributed by atoms with Crippen LogP contribution < -0.4 is 15.4 Å². The van der Waals surface area contributed by atoms with Crippen LogP contribution in [0.4, 0.5) is 11.5 Å². The van der Waals surface area contributed by atoms with Gasteiger partial charge >= 0.3 is 0 Å². The van der Waals surface area contributed by atoms with Gasteiger partial charge in [-0.25, -0.2) is 0 Å². The number of nitrogens with one attached hydrogen (secondary N) is 2. The van der Waals surface area contributed by atoms with E-state index in [4.69, 9.17) is 40.2 Å². The number of benzene rings is 2. The molecule has 2 N–H and O–H groups in total. The Labute approximate surface area is 166 Å². The highest BCUT2D eigenvalue weighted by Gasteiger charge is 2.09. The quantitative estimate of drug-likeness (QED) is 0.580. The minimum Gasteiger partial charge on any atom is -0.497 e. The Hall–Kier alpha value is -2.28. The summed E-state index contributed by atoms with van der Waals surface area (Å²) in [6.07, 6.45) is 1.74. The van der Waals surface area contributed by atoms with E-state index in [2.05, 4.69) is 15.7 Å². The van der Waals surface area contributed by atoms with Crippen molar-refractivity contribution < 1.29 is 4.74 Å². The molecule has 0 fully saturated rings. The number of hydrogen-bond acceptors (Lipinski definition) is 3. The Morgan fingerprint density at radius 3 is 2.65 bits per heavy atom. The van der Waals surface area contributed by atoms with Crippen molar-refractivity contribution in [2.75, 3.05) is 17.7 Å². The Morgan fingerprint density at radius 2 is 1.92 bits per heavy atom. The van der Waals surface area contributed by atoms with Crippen LogP contribution in [0.2, 0.25) is 10.0 Å². The SMILES string of the molecule is COc1cccc(NC(=S)Nc2nn(Cc3ccc(Cl)cc3)cc2Cl)c1. The molecule has 0 atom stereocenters. The molecule has 3 aromatic rings. The van der Waals surface area contributed by atoms with E-state index < -0.39 is 0 Å². The van der Waals surface area contributed by atoms with Crippen molar-refractivity contribution in [3.8, 4) is 5.75 Å². The van der Waals surface area contributed by atoms with Crippen LogP contribution >= 0.6 is 35.4 Å². The molecular weight excluding hydrogens is 391 g/mol. The molecule has 0 saturated heterocycles. The highest BCUT2D eigenvalue weighted by molar-refractivity contribution is 7.80. The Kier molecular flexibility index (Phi) is 5.98. The summed E-state index contributed by atoms with van der Waals surface area (Å²) < 4.78 is 6.93. The lowest BCUT2D eigenvalue weighted by Gasteiger charge is -2.10. The smallest absolute Gasteiger partial charge is 0.176 e. The molecule has 1 heterocycles. The topological polar surface area (TPSA) is 51.1 Å². The van der Waals surface area contributed by atoms with E-state index in [1.165, 1.54) is 0 Å². The maximum absolute atomic E-state index is 6.26. The fraction of sp³-hybridized carbons (Fsp3) is 0.111. The van der Waals surface area contributed by atoms with E-state index in [-0.39, 0.29) is 0 Å². The maximum atomic E-state index is 6.26. The zero-order valence-corrected chi connectivity index (χ0v) is 16.2. The van der Waals surface area contributed by atoms with Gasteiger partial charge < -0.3 is 15.4 Å². The summed E-state index contributed by atoms with van der Waals surface area (Å²) >= 11 is 17.5. The van der Waals surface area contributed by atoms with E-state index in [0.717, 1.165) is 17.0 Å². The van der Waals surface area contributed by atoms with Gasteiger partial charge in [-0.3, -0.25) is 4.68 Å². The predicted octanol–water partition coefficient (Wildman–Crippen LogP) is 5.06. The zero-order chi connectivity index (χ0) is 18.5. The fourth-order valence-electron chi connectivity index (χ4n) is 2.31. The molecule has 134 valence electrons. The highest BCUT2D eigenvalue weighted by Crippen LogP contribution is 2.21. The molecule has 1 aromatic heterocycles. The lowest BCUT2D eigenvalue weighted by Crippen LogP contribution is -2.19. The van der Waals surface area contributed by atoms with Crippen LogP contribution in [-0.2, 0) is 6.54 Å². The number of ether oxygens (including phenoxy) is 1. The summed E-state index contributed by atoms with van der Waals surface area (Å²) in [6, 6.07) is 15.0. The minimum absolute atomic E-state index is 0.386. The lowest BCUT2D eigenvalue weighted by molar-refractivity contribution is 0.415. The molecule has 26 heavy (non-hydrogen) atoms. The van der Waals surface area contributed by atoms with Crippen molar-refractivity contribution in [3.05, 3.63) is 70.3 Å². The van der Waals surface area contributed by atoms with Gasteiger partial charge in [0.05, 0.1) is 13.7 Å². The first-order valence-electron chi connectivity index (χ1n) is 7.73. The van der Waals surface area contributed by atoms with Crippen LogP contribution in [0, 0.1) is 0 Å². The fourth-order valence-corrected chi connectivity index (χ4v) is 2.85. The number of anilines is 2. The Morgan fingerprint density at radius 1 is 1.15 bits per heavy atom. The number of methoxy groups -OCH3 is 1. The lowest BCUT2D eigenvalue weighted by atomic mass is 10.2. The second-order valence-electron chi connectivity index (χ2n) is 5.46. The van der Waals surface area contributed by atoms with E-state index in [9.17, 15) is 0 Å². The number of hydrogen-bond donors (Lipinski definition) is 2. The van der Waals surface area contributed by atoms with Crippen LogP contribution in [0.3, 0.4) is 0 Å². The number of nitrogens with zero attached hydrogens (tertiary/aromatic N) is 2. The highest BCUT2D eigenvalue weighted by atomic mass is 35.5. The molecule has 3 rings (SSSR count). The molecule has 5 nitrogen and oxygen atoms in total. The van der Waals surface area contributed by atoms with Gasteiger partial charge in [-0.15, -0.1) is 0 Å². The van der Waals surface area contributed by atoms with Gasteiger partial charge in [-0.1, -0.05) is 41.4 Å². The first-order chi connectivity index (χ1) is 12.5. The number of halogens is 2. The van der Waals surface area contributed by atoms with Gasteiger partial charge in [0.1, 0.15) is 10.8 Å². The predicted molar refractivity (Wildman–Crippen MR) is 111 cm³/mol. The summed E-state index contributed by atoms with van der Waals surface area (Å²) in [6.45, 7) is 0.578. The van der Waals surface area contributed by atoms with E-state index in [0.29, 0.717) is 27.5 Å². The summed E-state index contributed by atoms with van der Waals surface area (Å²) in [4.78, 5) is 0. The molecule has 0 aliphatic carbocycles. The normalized spacial score (nSPS) is 10.4. The molecule has 2 aromatic carbocycles. The molecule has 0 radical (unpaired) electrons. The van der Waals surface area contributed by atoms with Crippen molar-refractivity contribution in [3.63, 3.8) is 0 Å². The molecule has 0 spiro atoms. The van der Waals surface area contributed by atoms with Gasteiger partial charge in [0.2, 0.25) is 0 Å². The van der Waals surface area contributed by atoms with Gasteiger partial charge in [0.25, 0.3) is 0 Å². The summed E-state index contributed by atoms with van der Waals surface area (Å²) in [5.74, 6) is 1.23. The molecule has 0 aliphatic heterocycles. The molecule has 0 saturated carbocycles. The van der Waals surface area contributed by atoms with E-state index in [1.54, 1.807) is 18.0 Å². The van der Waals surface area contributed by atoms with Crippen LogP contribution in [0.15, 0.2) is 54.7 Å². The standard InChI is InChI=1S/C18H16Cl2N4OS/c1-25-15-4-2-3-14(9-15)21-18(26)22-17-16(20)11-24(23-17)10-12-5-7-13(19)8-6-12/h2-9,11H,10H2,1H3,(H2,21,22,23,26). The molecule has 8 heteroatoms.